The fourth-order valence-electron chi connectivity index (χ4n) is 3.61. The van der Waals surface area contributed by atoms with Crippen molar-refractivity contribution in [2.45, 2.75) is 6.42 Å². The minimum absolute atomic E-state index is 0.00469. The van der Waals surface area contributed by atoms with Gasteiger partial charge in [0.15, 0.2) is 0 Å². The molecule has 4 rings (SSSR count). The summed E-state index contributed by atoms with van der Waals surface area (Å²) >= 11 is 6.63. The summed E-state index contributed by atoms with van der Waals surface area (Å²) in [6, 6.07) is 15.6. The molecule has 0 aliphatic carbocycles. The standard InChI is InChI=1S/C23H24N4O2S2/c28-21(26-14-12-25(13-15-26)11-9-19-8-4-5-10-24-19)17-27-22(29)20(31-23(27)30)16-18-6-2-1-3-7-18/h1-8,10,16H,9,11-15,17H2. The molecule has 2 amide bonds. The first-order chi connectivity index (χ1) is 15.1. The van der Waals surface area contributed by atoms with Crippen LogP contribution in [-0.4, -0.2) is 75.1 Å². The van der Waals surface area contributed by atoms with Gasteiger partial charge in [0.2, 0.25) is 5.91 Å². The largest absolute Gasteiger partial charge is 0.339 e. The minimum atomic E-state index is -0.193. The highest BCUT2D eigenvalue weighted by atomic mass is 32.2. The van der Waals surface area contributed by atoms with Crippen molar-refractivity contribution in [2.24, 2.45) is 0 Å². The maximum absolute atomic E-state index is 12.8. The predicted octanol–water partition coefficient (Wildman–Crippen LogP) is 2.67. The van der Waals surface area contributed by atoms with Crippen LogP contribution >= 0.6 is 24.0 Å². The van der Waals surface area contributed by atoms with Gasteiger partial charge in [0.25, 0.3) is 5.91 Å². The third-order valence-corrected chi connectivity index (χ3v) is 6.78. The van der Waals surface area contributed by atoms with Gasteiger partial charge >= 0.3 is 0 Å². The van der Waals surface area contributed by atoms with Crippen LogP contribution in [0.5, 0.6) is 0 Å². The molecule has 31 heavy (non-hydrogen) atoms. The van der Waals surface area contributed by atoms with Crippen LogP contribution in [-0.2, 0) is 16.0 Å². The van der Waals surface area contributed by atoms with E-state index in [1.54, 1.807) is 0 Å². The number of hydrogen-bond acceptors (Lipinski definition) is 6. The minimum Gasteiger partial charge on any atom is -0.339 e. The molecule has 2 aromatic rings. The van der Waals surface area contributed by atoms with Crippen molar-refractivity contribution in [1.29, 1.82) is 0 Å². The van der Waals surface area contributed by atoms with Gasteiger partial charge < -0.3 is 4.90 Å². The van der Waals surface area contributed by atoms with Crippen molar-refractivity contribution in [3.63, 3.8) is 0 Å². The van der Waals surface area contributed by atoms with Crippen LogP contribution in [0.2, 0.25) is 0 Å². The molecule has 0 radical (unpaired) electrons. The number of thiocarbonyl (C=S) groups is 1. The molecule has 0 N–H and O–H groups in total. The van der Waals surface area contributed by atoms with Gasteiger partial charge in [-0.1, -0.05) is 60.4 Å². The summed E-state index contributed by atoms with van der Waals surface area (Å²) in [4.78, 5) is 36.1. The molecular formula is C23H24N4O2S2. The maximum Gasteiger partial charge on any atom is 0.266 e. The van der Waals surface area contributed by atoms with E-state index in [0.717, 1.165) is 37.3 Å². The predicted molar refractivity (Wildman–Crippen MR) is 127 cm³/mol. The number of thioether (sulfide) groups is 1. The van der Waals surface area contributed by atoms with Crippen molar-refractivity contribution in [2.75, 3.05) is 39.3 Å². The molecule has 2 saturated heterocycles. The van der Waals surface area contributed by atoms with Crippen molar-refractivity contribution < 1.29 is 9.59 Å². The fraction of sp³-hybridized carbons (Fsp3) is 0.304. The third kappa shape index (κ3) is 5.58. The third-order valence-electron chi connectivity index (χ3n) is 5.40. The number of pyridine rings is 1. The molecule has 2 fully saturated rings. The Kier molecular flexibility index (Phi) is 7.11. The SMILES string of the molecule is O=C(CN1C(=O)C(=Cc2ccccc2)SC1=S)N1CCN(CCc2ccccn2)CC1. The summed E-state index contributed by atoms with van der Waals surface area (Å²) in [7, 11) is 0. The molecule has 1 aromatic carbocycles. The van der Waals surface area contributed by atoms with Crippen LogP contribution < -0.4 is 0 Å². The number of piperazine rings is 1. The molecule has 160 valence electrons. The van der Waals surface area contributed by atoms with E-state index in [-0.39, 0.29) is 18.4 Å². The molecule has 6 nitrogen and oxygen atoms in total. The monoisotopic (exact) mass is 452 g/mol. The first kappa shape index (κ1) is 21.7. The second-order valence-corrected chi connectivity index (χ2v) is 9.15. The first-order valence-electron chi connectivity index (χ1n) is 10.3. The molecule has 0 spiro atoms. The average Bonchev–Trinajstić information content (AvgIpc) is 3.06. The van der Waals surface area contributed by atoms with E-state index >= 15 is 0 Å². The highest BCUT2D eigenvalue weighted by Gasteiger charge is 2.34. The molecular weight excluding hydrogens is 428 g/mol. The zero-order valence-electron chi connectivity index (χ0n) is 17.1. The average molecular weight is 453 g/mol. The van der Waals surface area contributed by atoms with E-state index in [4.69, 9.17) is 12.2 Å². The Bertz CT molecular complexity index is 974. The second-order valence-electron chi connectivity index (χ2n) is 7.47. The Balaban J connectivity index is 1.27. The summed E-state index contributed by atoms with van der Waals surface area (Å²) in [5.74, 6) is -0.247. The molecule has 8 heteroatoms. The van der Waals surface area contributed by atoms with E-state index in [9.17, 15) is 9.59 Å². The molecule has 0 atom stereocenters. The zero-order valence-corrected chi connectivity index (χ0v) is 18.8. The van der Waals surface area contributed by atoms with Crippen molar-refractivity contribution in [1.82, 2.24) is 19.7 Å². The van der Waals surface area contributed by atoms with Crippen molar-refractivity contribution in [3.8, 4) is 0 Å². The van der Waals surface area contributed by atoms with Crippen LogP contribution in [0.1, 0.15) is 11.3 Å². The molecule has 0 bridgehead atoms. The quantitative estimate of drug-likeness (QED) is 0.496. The Hall–Kier alpha value is -2.55. The molecule has 3 heterocycles. The van der Waals surface area contributed by atoms with Crippen LogP contribution in [0.3, 0.4) is 0 Å². The second kappa shape index (κ2) is 10.2. The van der Waals surface area contributed by atoms with Crippen molar-refractivity contribution in [3.05, 3.63) is 70.9 Å². The van der Waals surface area contributed by atoms with Crippen LogP contribution in [0.15, 0.2) is 59.6 Å². The van der Waals surface area contributed by atoms with Gasteiger partial charge in [0, 0.05) is 51.0 Å². The van der Waals surface area contributed by atoms with Crippen LogP contribution in [0, 0.1) is 0 Å². The summed E-state index contributed by atoms with van der Waals surface area (Å²) in [5, 5.41) is 0. The van der Waals surface area contributed by atoms with Gasteiger partial charge in [-0.15, -0.1) is 0 Å². The maximum atomic E-state index is 12.8. The highest BCUT2D eigenvalue weighted by Crippen LogP contribution is 2.32. The number of hydrogen-bond donors (Lipinski definition) is 0. The highest BCUT2D eigenvalue weighted by molar-refractivity contribution is 8.26. The zero-order chi connectivity index (χ0) is 21.6. The van der Waals surface area contributed by atoms with Gasteiger partial charge in [-0.05, 0) is 23.8 Å². The van der Waals surface area contributed by atoms with Gasteiger partial charge in [0.1, 0.15) is 10.9 Å². The Morgan fingerprint density at radius 1 is 1.06 bits per heavy atom. The lowest BCUT2D eigenvalue weighted by Gasteiger charge is -2.35. The Morgan fingerprint density at radius 3 is 2.52 bits per heavy atom. The lowest BCUT2D eigenvalue weighted by Crippen LogP contribution is -2.51. The van der Waals surface area contributed by atoms with Crippen LogP contribution in [0.4, 0.5) is 0 Å². The Labute approximate surface area is 191 Å². The summed E-state index contributed by atoms with van der Waals surface area (Å²) in [5.41, 5.74) is 2.02. The first-order valence-corrected chi connectivity index (χ1v) is 11.5. The number of amides is 2. The van der Waals surface area contributed by atoms with E-state index < -0.39 is 0 Å². The number of carbonyl (C=O) groups excluding carboxylic acids is 2. The lowest BCUT2D eigenvalue weighted by atomic mass is 10.2. The van der Waals surface area contributed by atoms with Gasteiger partial charge in [-0.2, -0.15) is 0 Å². The molecule has 2 aliphatic rings. The van der Waals surface area contributed by atoms with E-state index in [0.29, 0.717) is 22.3 Å². The van der Waals surface area contributed by atoms with E-state index in [1.165, 1.54) is 16.7 Å². The van der Waals surface area contributed by atoms with Gasteiger partial charge in [-0.3, -0.25) is 24.4 Å². The molecule has 0 unspecified atom stereocenters. The summed E-state index contributed by atoms with van der Waals surface area (Å²) in [6.45, 7) is 3.91. The van der Waals surface area contributed by atoms with Gasteiger partial charge in [-0.25, -0.2) is 0 Å². The molecule has 2 aliphatic heterocycles. The normalized spacial score (nSPS) is 18.8. The number of rotatable bonds is 6. The Morgan fingerprint density at radius 2 is 1.81 bits per heavy atom. The summed E-state index contributed by atoms with van der Waals surface area (Å²) in [6.07, 6.45) is 4.54. The lowest BCUT2D eigenvalue weighted by molar-refractivity contribution is -0.136. The fourth-order valence-corrected chi connectivity index (χ4v) is 4.87. The molecule has 0 saturated carbocycles. The number of benzene rings is 1. The van der Waals surface area contributed by atoms with E-state index in [2.05, 4.69) is 9.88 Å². The topological polar surface area (TPSA) is 56.8 Å². The summed E-state index contributed by atoms with van der Waals surface area (Å²) < 4.78 is 0.439. The van der Waals surface area contributed by atoms with Crippen molar-refractivity contribution >= 4 is 46.2 Å². The number of aromatic nitrogens is 1. The number of nitrogens with zero attached hydrogens (tertiary/aromatic N) is 4. The van der Waals surface area contributed by atoms with E-state index in [1.807, 2.05) is 65.7 Å². The van der Waals surface area contributed by atoms with Gasteiger partial charge in [0.05, 0.1) is 4.91 Å². The van der Waals surface area contributed by atoms with Crippen LogP contribution in [0.25, 0.3) is 6.08 Å². The number of carbonyl (C=O) groups is 2. The smallest absolute Gasteiger partial charge is 0.266 e. The molecule has 1 aromatic heterocycles.